The van der Waals surface area contributed by atoms with Crippen molar-refractivity contribution in [3.8, 4) is 0 Å². The van der Waals surface area contributed by atoms with Gasteiger partial charge < -0.3 is 19.7 Å². The van der Waals surface area contributed by atoms with Crippen LogP contribution in [-0.4, -0.2) is 40.8 Å². The first kappa shape index (κ1) is 12.4. The van der Waals surface area contributed by atoms with Crippen LogP contribution in [0.1, 0.15) is 33.1 Å². The Labute approximate surface area is 89.0 Å². The first-order chi connectivity index (χ1) is 6.93. The topological polar surface area (TPSA) is 79.3 Å². The number of carboxylic acid groups (broad SMARTS) is 1. The molecule has 2 unspecified atom stereocenters. The second kappa shape index (κ2) is 4.47. The van der Waals surface area contributed by atoms with Crippen molar-refractivity contribution in [3.63, 3.8) is 0 Å². The number of aliphatic carboxylic acids is 1. The minimum atomic E-state index is -1.19. The Morgan fingerprint density at radius 2 is 2.00 bits per heavy atom. The molecule has 0 aromatic heterocycles. The summed E-state index contributed by atoms with van der Waals surface area (Å²) >= 11 is 0. The third kappa shape index (κ3) is 2.90. The van der Waals surface area contributed by atoms with Crippen molar-refractivity contribution in [2.24, 2.45) is 0 Å². The number of rotatable bonds is 1. The maximum Gasteiger partial charge on any atom is 0.329 e. The van der Waals surface area contributed by atoms with Crippen LogP contribution in [0.3, 0.4) is 0 Å². The molecular weight excluding hydrogens is 200 g/mol. The van der Waals surface area contributed by atoms with E-state index in [2.05, 4.69) is 6.92 Å². The number of ether oxygens (including phenoxy) is 2. The number of hydrogen-bond donors (Lipinski definition) is 2. The van der Waals surface area contributed by atoms with Gasteiger partial charge in [-0.15, -0.1) is 0 Å². The Kier molecular flexibility index (Phi) is 3.70. The van der Waals surface area contributed by atoms with Gasteiger partial charge in [0.1, 0.15) is 12.2 Å². The van der Waals surface area contributed by atoms with Gasteiger partial charge in [-0.1, -0.05) is 0 Å². The van der Waals surface area contributed by atoms with Gasteiger partial charge in [-0.05, 0) is 33.1 Å². The van der Waals surface area contributed by atoms with Crippen LogP contribution in [0.4, 0.5) is 0 Å². The average molecular weight is 218 g/mol. The summed E-state index contributed by atoms with van der Waals surface area (Å²) in [5, 5.41) is 15.0. The van der Waals surface area contributed by atoms with Crippen LogP contribution < -0.4 is 0 Å². The predicted octanol–water partition coefficient (Wildman–Crippen LogP) is 0.755. The van der Waals surface area contributed by atoms with Gasteiger partial charge in [0.15, 0.2) is 5.79 Å². The van der Waals surface area contributed by atoms with Gasteiger partial charge in [-0.25, -0.2) is 4.79 Å². The van der Waals surface area contributed by atoms with Crippen molar-refractivity contribution in [2.45, 2.75) is 44.5 Å². The predicted molar refractivity (Wildman–Crippen MR) is 52.4 cm³/mol. The molecule has 0 radical (unpaired) electrons. The lowest BCUT2D eigenvalue weighted by Gasteiger charge is -2.06. The summed E-state index contributed by atoms with van der Waals surface area (Å²) in [5.41, 5.74) is 0.0451. The minimum Gasteiger partial charge on any atom is -0.480 e. The van der Waals surface area contributed by atoms with Gasteiger partial charge in [0.2, 0.25) is 0 Å². The standard InChI is InChI=1S/C8H14O2.C2H4O3/c1-7-5-3-4-6-9-8(7,2)10-7;3-1-2(4)5/h3-6H2,1-2H3;3H,1H2,(H,4,5). The highest BCUT2D eigenvalue weighted by Crippen LogP contribution is 2.52. The maximum absolute atomic E-state index is 9.12. The average Bonchev–Trinajstić information content (AvgIpc) is 2.71. The van der Waals surface area contributed by atoms with Crippen LogP contribution in [0.5, 0.6) is 0 Å². The molecule has 2 rings (SSSR count). The lowest BCUT2D eigenvalue weighted by Crippen LogP contribution is -2.20. The zero-order valence-electron chi connectivity index (χ0n) is 9.15. The van der Waals surface area contributed by atoms with Crippen molar-refractivity contribution < 1.29 is 24.5 Å². The molecule has 2 aliphatic rings. The molecule has 88 valence electrons. The van der Waals surface area contributed by atoms with E-state index < -0.39 is 12.6 Å². The number of carboxylic acids is 1. The van der Waals surface area contributed by atoms with Gasteiger partial charge in [-0.3, -0.25) is 0 Å². The molecule has 0 amide bonds. The van der Waals surface area contributed by atoms with Crippen LogP contribution >= 0.6 is 0 Å². The molecule has 2 heterocycles. The summed E-state index contributed by atoms with van der Waals surface area (Å²) in [6.45, 7) is 4.27. The molecule has 2 atom stereocenters. The summed E-state index contributed by atoms with van der Waals surface area (Å²) in [7, 11) is 0. The Morgan fingerprint density at radius 1 is 1.40 bits per heavy atom. The van der Waals surface area contributed by atoms with Crippen LogP contribution in [0.2, 0.25) is 0 Å². The third-order valence-electron chi connectivity index (χ3n) is 2.90. The zero-order chi connectivity index (χ0) is 11.5. The maximum atomic E-state index is 9.12. The van der Waals surface area contributed by atoms with Crippen molar-refractivity contribution in [2.75, 3.05) is 13.2 Å². The van der Waals surface area contributed by atoms with Crippen molar-refractivity contribution >= 4 is 5.97 Å². The Hall–Kier alpha value is -0.650. The van der Waals surface area contributed by atoms with Crippen molar-refractivity contribution in [1.82, 2.24) is 0 Å². The number of aliphatic hydroxyl groups excluding tert-OH is 1. The highest BCUT2D eigenvalue weighted by molar-refractivity contribution is 5.67. The van der Waals surface area contributed by atoms with Crippen molar-refractivity contribution in [1.29, 1.82) is 0 Å². The second-order valence-electron chi connectivity index (χ2n) is 4.14. The molecule has 2 N–H and O–H groups in total. The SMILES string of the molecule is CC12CCCCOC1(C)O2.O=C(O)CO. The van der Waals surface area contributed by atoms with E-state index >= 15 is 0 Å². The molecule has 0 aromatic rings. The number of fused-ring (bicyclic) bond motifs is 1. The molecule has 15 heavy (non-hydrogen) atoms. The van der Waals surface area contributed by atoms with E-state index in [1.165, 1.54) is 12.8 Å². The fraction of sp³-hybridized carbons (Fsp3) is 0.900. The van der Waals surface area contributed by atoms with Gasteiger partial charge >= 0.3 is 5.97 Å². The summed E-state index contributed by atoms with van der Waals surface area (Å²) < 4.78 is 11.1. The first-order valence-electron chi connectivity index (χ1n) is 5.10. The summed E-state index contributed by atoms with van der Waals surface area (Å²) in [6, 6.07) is 0. The number of epoxide rings is 1. The fourth-order valence-electron chi connectivity index (χ4n) is 1.70. The third-order valence-corrected chi connectivity index (χ3v) is 2.90. The monoisotopic (exact) mass is 218 g/mol. The van der Waals surface area contributed by atoms with E-state index in [1.54, 1.807) is 0 Å². The Bertz CT molecular complexity index is 226. The lowest BCUT2D eigenvalue weighted by atomic mass is 10.0. The number of hydrogen-bond acceptors (Lipinski definition) is 4. The van der Waals surface area contributed by atoms with Gasteiger partial charge in [0.25, 0.3) is 0 Å². The lowest BCUT2D eigenvalue weighted by molar-refractivity contribution is -0.140. The minimum absolute atomic E-state index is 0.0451. The summed E-state index contributed by atoms with van der Waals surface area (Å²) in [5.74, 6) is -1.42. The fourth-order valence-corrected chi connectivity index (χ4v) is 1.70. The van der Waals surface area contributed by atoms with E-state index in [1.807, 2.05) is 6.92 Å². The van der Waals surface area contributed by atoms with Crippen LogP contribution in [0.15, 0.2) is 0 Å². The number of carbonyl (C=O) groups is 1. The smallest absolute Gasteiger partial charge is 0.329 e. The molecule has 0 aliphatic carbocycles. The molecule has 0 aromatic carbocycles. The van der Waals surface area contributed by atoms with Gasteiger partial charge in [-0.2, -0.15) is 0 Å². The van der Waals surface area contributed by atoms with Crippen molar-refractivity contribution in [3.05, 3.63) is 0 Å². The molecule has 5 nitrogen and oxygen atoms in total. The van der Waals surface area contributed by atoms with Crippen LogP contribution in [-0.2, 0) is 14.3 Å². The highest BCUT2D eigenvalue weighted by atomic mass is 16.8. The highest BCUT2D eigenvalue weighted by Gasteiger charge is 2.65. The van der Waals surface area contributed by atoms with E-state index in [4.69, 9.17) is 24.5 Å². The molecule has 0 saturated carbocycles. The van der Waals surface area contributed by atoms with E-state index in [0.29, 0.717) is 0 Å². The molecule has 0 spiro atoms. The summed E-state index contributed by atoms with van der Waals surface area (Å²) in [6.07, 6.45) is 3.59. The van der Waals surface area contributed by atoms with Gasteiger partial charge in [0.05, 0.1) is 6.61 Å². The van der Waals surface area contributed by atoms with E-state index in [0.717, 1.165) is 13.0 Å². The number of aliphatic hydroxyl groups is 1. The zero-order valence-corrected chi connectivity index (χ0v) is 9.15. The Balaban J connectivity index is 0.000000195. The van der Waals surface area contributed by atoms with E-state index in [-0.39, 0.29) is 11.4 Å². The van der Waals surface area contributed by atoms with Gasteiger partial charge in [0, 0.05) is 0 Å². The van der Waals surface area contributed by atoms with Crippen LogP contribution in [0, 0.1) is 0 Å². The molecule has 2 fully saturated rings. The molecule has 2 saturated heterocycles. The summed E-state index contributed by atoms with van der Waals surface area (Å²) in [4.78, 5) is 9.12. The molecular formula is C10H18O5. The van der Waals surface area contributed by atoms with E-state index in [9.17, 15) is 0 Å². The normalized spacial score (nSPS) is 38.1. The molecule has 2 aliphatic heterocycles. The molecule has 0 bridgehead atoms. The molecule has 5 heteroatoms. The largest absolute Gasteiger partial charge is 0.480 e. The first-order valence-corrected chi connectivity index (χ1v) is 5.10. The van der Waals surface area contributed by atoms with Crippen LogP contribution in [0.25, 0.3) is 0 Å². The second-order valence-corrected chi connectivity index (χ2v) is 4.14. The quantitative estimate of drug-likeness (QED) is 0.635. The Morgan fingerprint density at radius 3 is 2.53 bits per heavy atom.